The van der Waals surface area contributed by atoms with Gasteiger partial charge in [0.15, 0.2) is 0 Å². The van der Waals surface area contributed by atoms with Crippen molar-refractivity contribution < 1.29 is 4.79 Å². The number of hydrogen-bond acceptors (Lipinski definition) is 2. The smallest absolute Gasteiger partial charge is 0.244 e. The molecule has 1 amide bonds. The van der Waals surface area contributed by atoms with Gasteiger partial charge in [-0.3, -0.25) is 10.1 Å². The van der Waals surface area contributed by atoms with Crippen molar-refractivity contribution in [1.82, 2.24) is 10.2 Å². The molecule has 1 heterocycles. The van der Waals surface area contributed by atoms with E-state index in [0.717, 1.165) is 19.4 Å². The maximum absolute atomic E-state index is 12.4. The summed E-state index contributed by atoms with van der Waals surface area (Å²) in [6, 6.07) is 0. The zero-order valence-corrected chi connectivity index (χ0v) is 10.5. The Hall–Kier alpha value is -0.570. The molecule has 1 atom stereocenters. The minimum absolute atomic E-state index is 0.139. The molecule has 2 saturated carbocycles. The topological polar surface area (TPSA) is 32.3 Å². The second kappa shape index (κ2) is 3.00. The van der Waals surface area contributed by atoms with Crippen LogP contribution in [-0.2, 0) is 4.79 Å². The second-order valence-electron chi connectivity index (χ2n) is 6.66. The van der Waals surface area contributed by atoms with Crippen LogP contribution in [0.1, 0.15) is 46.5 Å². The van der Waals surface area contributed by atoms with Gasteiger partial charge in [-0.15, -0.1) is 0 Å². The number of amides is 1. The van der Waals surface area contributed by atoms with E-state index in [1.807, 2.05) is 0 Å². The molecule has 0 aromatic carbocycles. The summed E-state index contributed by atoms with van der Waals surface area (Å²) in [6.45, 7) is 7.67. The summed E-state index contributed by atoms with van der Waals surface area (Å²) in [5, 5.41) is 3.57. The van der Waals surface area contributed by atoms with Crippen molar-refractivity contribution in [3.8, 4) is 0 Å². The lowest BCUT2D eigenvalue weighted by Gasteiger charge is -2.29. The van der Waals surface area contributed by atoms with Crippen LogP contribution in [0.15, 0.2) is 0 Å². The molecular formula is C13H22N2O. The van der Waals surface area contributed by atoms with E-state index in [2.05, 4.69) is 31.0 Å². The molecule has 3 fully saturated rings. The number of hydrogen-bond donors (Lipinski definition) is 1. The third-order valence-corrected chi connectivity index (χ3v) is 4.47. The highest BCUT2D eigenvalue weighted by molar-refractivity contribution is 5.91. The van der Waals surface area contributed by atoms with E-state index < -0.39 is 0 Å². The maximum atomic E-state index is 12.4. The Morgan fingerprint density at radius 2 is 2.00 bits per heavy atom. The largest absolute Gasteiger partial charge is 0.325 e. The van der Waals surface area contributed by atoms with Gasteiger partial charge in [0.2, 0.25) is 5.91 Å². The molecule has 1 spiro atoms. The van der Waals surface area contributed by atoms with Crippen molar-refractivity contribution in [2.45, 2.75) is 58.2 Å². The molecule has 3 rings (SSSR count). The molecule has 1 unspecified atom stereocenters. The van der Waals surface area contributed by atoms with E-state index in [1.165, 1.54) is 12.8 Å². The van der Waals surface area contributed by atoms with Crippen LogP contribution < -0.4 is 5.32 Å². The van der Waals surface area contributed by atoms with Crippen molar-refractivity contribution >= 4 is 5.91 Å². The minimum atomic E-state index is -0.139. The van der Waals surface area contributed by atoms with Crippen LogP contribution in [0.2, 0.25) is 0 Å². The SMILES string of the molecule is CC(C)C1NC2(CC2)C(=O)N1CC1(C)CC1. The Kier molecular flexibility index (Phi) is 1.99. The summed E-state index contributed by atoms with van der Waals surface area (Å²) in [5.74, 6) is 0.880. The third-order valence-electron chi connectivity index (χ3n) is 4.47. The molecule has 0 radical (unpaired) electrons. The number of carbonyl (C=O) groups excluding carboxylic acids is 1. The Bertz CT molecular complexity index is 329. The Labute approximate surface area is 97.6 Å². The Morgan fingerprint density at radius 3 is 2.44 bits per heavy atom. The van der Waals surface area contributed by atoms with Gasteiger partial charge in [-0.05, 0) is 37.0 Å². The average Bonchev–Trinajstić information content (AvgIpc) is 3.08. The summed E-state index contributed by atoms with van der Waals surface area (Å²) in [5.41, 5.74) is 0.283. The molecule has 1 saturated heterocycles. The average molecular weight is 222 g/mol. The number of rotatable bonds is 3. The Morgan fingerprint density at radius 1 is 1.38 bits per heavy atom. The monoisotopic (exact) mass is 222 g/mol. The van der Waals surface area contributed by atoms with Crippen molar-refractivity contribution in [1.29, 1.82) is 0 Å². The van der Waals surface area contributed by atoms with E-state index in [4.69, 9.17) is 0 Å². The van der Waals surface area contributed by atoms with Gasteiger partial charge in [0.05, 0.1) is 11.7 Å². The fraction of sp³-hybridized carbons (Fsp3) is 0.923. The highest BCUT2D eigenvalue weighted by Gasteiger charge is 2.60. The van der Waals surface area contributed by atoms with E-state index in [1.54, 1.807) is 0 Å². The van der Waals surface area contributed by atoms with Gasteiger partial charge in [0.1, 0.15) is 0 Å². The summed E-state index contributed by atoms with van der Waals surface area (Å²) in [7, 11) is 0. The first-order valence-electron chi connectivity index (χ1n) is 6.55. The van der Waals surface area contributed by atoms with Crippen LogP contribution in [0, 0.1) is 11.3 Å². The normalized spacial score (nSPS) is 33.9. The van der Waals surface area contributed by atoms with Crippen LogP contribution in [0.3, 0.4) is 0 Å². The zero-order chi connectivity index (χ0) is 11.6. The van der Waals surface area contributed by atoms with Crippen LogP contribution in [-0.4, -0.2) is 29.1 Å². The molecule has 16 heavy (non-hydrogen) atoms. The first-order chi connectivity index (χ1) is 7.46. The van der Waals surface area contributed by atoms with Gasteiger partial charge < -0.3 is 4.90 Å². The van der Waals surface area contributed by atoms with E-state index >= 15 is 0 Å². The lowest BCUT2D eigenvalue weighted by molar-refractivity contribution is -0.132. The standard InChI is InChI=1S/C13H22N2O/c1-9(2)10-14-13(6-7-13)11(16)15(10)8-12(3)4-5-12/h9-10,14H,4-8H2,1-3H3. The zero-order valence-electron chi connectivity index (χ0n) is 10.5. The predicted octanol–water partition coefficient (Wildman–Crippen LogP) is 1.73. The number of nitrogens with one attached hydrogen (secondary N) is 1. The van der Waals surface area contributed by atoms with E-state index in [0.29, 0.717) is 17.2 Å². The lowest BCUT2D eigenvalue weighted by Crippen LogP contribution is -2.43. The van der Waals surface area contributed by atoms with E-state index in [-0.39, 0.29) is 11.7 Å². The van der Waals surface area contributed by atoms with Gasteiger partial charge in [-0.1, -0.05) is 20.8 Å². The fourth-order valence-corrected chi connectivity index (χ4v) is 2.79. The van der Waals surface area contributed by atoms with Gasteiger partial charge in [-0.25, -0.2) is 0 Å². The molecule has 1 N–H and O–H groups in total. The molecule has 0 aromatic rings. The molecule has 90 valence electrons. The lowest BCUT2D eigenvalue weighted by atomic mass is 10.1. The Balaban J connectivity index is 1.79. The molecule has 0 bridgehead atoms. The van der Waals surface area contributed by atoms with Crippen LogP contribution >= 0.6 is 0 Å². The van der Waals surface area contributed by atoms with Crippen LogP contribution in [0.5, 0.6) is 0 Å². The maximum Gasteiger partial charge on any atom is 0.244 e. The first kappa shape index (κ1) is 10.6. The highest BCUT2D eigenvalue weighted by Crippen LogP contribution is 2.49. The van der Waals surface area contributed by atoms with Crippen molar-refractivity contribution in [3.05, 3.63) is 0 Å². The van der Waals surface area contributed by atoms with Gasteiger partial charge in [0.25, 0.3) is 0 Å². The summed E-state index contributed by atoms with van der Waals surface area (Å²) in [6.07, 6.45) is 4.93. The third kappa shape index (κ3) is 1.48. The van der Waals surface area contributed by atoms with Crippen molar-refractivity contribution in [2.24, 2.45) is 11.3 Å². The van der Waals surface area contributed by atoms with Gasteiger partial charge >= 0.3 is 0 Å². The molecule has 0 aromatic heterocycles. The fourth-order valence-electron chi connectivity index (χ4n) is 2.79. The van der Waals surface area contributed by atoms with Crippen molar-refractivity contribution in [2.75, 3.05) is 6.54 Å². The predicted molar refractivity (Wildman–Crippen MR) is 62.8 cm³/mol. The molecule has 3 heteroatoms. The van der Waals surface area contributed by atoms with E-state index in [9.17, 15) is 4.79 Å². The number of nitrogens with zero attached hydrogens (tertiary/aromatic N) is 1. The highest BCUT2D eigenvalue weighted by atomic mass is 16.2. The van der Waals surface area contributed by atoms with Crippen molar-refractivity contribution in [3.63, 3.8) is 0 Å². The molecule has 3 nitrogen and oxygen atoms in total. The molecular weight excluding hydrogens is 200 g/mol. The van der Waals surface area contributed by atoms with Gasteiger partial charge in [-0.2, -0.15) is 0 Å². The quantitative estimate of drug-likeness (QED) is 0.789. The molecule has 2 aliphatic carbocycles. The second-order valence-corrected chi connectivity index (χ2v) is 6.66. The molecule has 3 aliphatic rings. The molecule has 1 aliphatic heterocycles. The summed E-state index contributed by atoms with van der Waals surface area (Å²) in [4.78, 5) is 14.5. The first-order valence-corrected chi connectivity index (χ1v) is 6.55. The van der Waals surface area contributed by atoms with Crippen LogP contribution in [0.4, 0.5) is 0 Å². The number of carbonyl (C=O) groups is 1. The summed E-state index contributed by atoms with van der Waals surface area (Å²) >= 11 is 0. The summed E-state index contributed by atoms with van der Waals surface area (Å²) < 4.78 is 0. The van der Waals surface area contributed by atoms with Gasteiger partial charge in [0, 0.05) is 6.54 Å². The minimum Gasteiger partial charge on any atom is -0.325 e. The van der Waals surface area contributed by atoms with Crippen LogP contribution in [0.25, 0.3) is 0 Å².